The largest absolute Gasteiger partial charge is 0.394 e. The smallest absolute Gasteiger partial charge is 0.246 e. The van der Waals surface area contributed by atoms with Crippen LogP contribution >= 0.6 is 15.9 Å². The molecule has 0 radical (unpaired) electrons. The first kappa shape index (κ1) is 26.8. The summed E-state index contributed by atoms with van der Waals surface area (Å²) in [7, 11) is 0. The van der Waals surface area contributed by atoms with E-state index < -0.39 is 35.6 Å². The van der Waals surface area contributed by atoms with Crippen molar-refractivity contribution in [2.45, 2.75) is 67.8 Å². The van der Waals surface area contributed by atoms with Gasteiger partial charge < -0.3 is 25.4 Å². The number of alkyl halides is 1. The minimum atomic E-state index is -1.19. The van der Waals surface area contributed by atoms with Crippen LogP contribution in [0.3, 0.4) is 0 Å². The first-order chi connectivity index (χ1) is 18.3. The number of hydrogen-bond acceptors (Lipinski definition) is 5. The van der Waals surface area contributed by atoms with Crippen molar-refractivity contribution in [1.82, 2.24) is 10.2 Å². The fraction of sp³-hybridized carbons (Fsp3) is 0.483. The number of para-hydroxylation sites is 1. The lowest BCUT2D eigenvalue weighted by Gasteiger charge is -2.37. The molecular weight excluding hydrogens is 550 g/mol. The summed E-state index contributed by atoms with van der Waals surface area (Å²) in [6.45, 7) is 3.62. The number of benzene rings is 2. The van der Waals surface area contributed by atoms with Gasteiger partial charge in [-0.2, -0.15) is 0 Å². The van der Waals surface area contributed by atoms with Crippen LogP contribution in [0.1, 0.15) is 44.7 Å². The Morgan fingerprint density at radius 2 is 1.79 bits per heavy atom. The van der Waals surface area contributed by atoms with Crippen LogP contribution in [0.5, 0.6) is 0 Å². The van der Waals surface area contributed by atoms with E-state index in [4.69, 9.17) is 4.74 Å². The maximum atomic E-state index is 14.3. The number of nitrogens with zero attached hydrogens (tertiary/aromatic N) is 1. The summed E-state index contributed by atoms with van der Waals surface area (Å²) in [6.07, 6.45) is 1.54. The zero-order valence-electron chi connectivity index (χ0n) is 21.5. The summed E-state index contributed by atoms with van der Waals surface area (Å²) in [5.41, 5.74) is 0.157. The second kappa shape index (κ2) is 10.8. The summed E-state index contributed by atoms with van der Waals surface area (Å²) in [5.74, 6) is -2.61. The Balaban J connectivity index is 1.56. The number of ether oxygens (including phenoxy) is 1. The Labute approximate surface area is 231 Å². The maximum Gasteiger partial charge on any atom is 0.246 e. The summed E-state index contributed by atoms with van der Waals surface area (Å²) in [5, 5.41) is 16.5. The van der Waals surface area contributed by atoms with Crippen molar-refractivity contribution in [2.75, 3.05) is 11.9 Å². The van der Waals surface area contributed by atoms with E-state index in [1.165, 1.54) is 4.90 Å². The van der Waals surface area contributed by atoms with Gasteiger partial charge in [-0.05, 0) is 37.5 Å². The molecule has 0 aromatic heterocycles. The van der Waals surface area contributed by atoms with E-state index in [0.717, 1.165) is 12.8 Å². The van der Waals surface area contributed by atoms with Crippen LogP contribution in [0, 0.1) is 11.8 Å². The number of carbonyl (C=O) groups is 3. The molecule has 202 valence electrons. The van der Waals surface area contributed by atoms with Crippen LogP contribution in [0.4, 0.5) is 5.69 Å². The molecule has 9 heteroatoms. The number of aliphatic hydroxyl groups is 1. The van der Waals surface area contributed by atoms with Crippen molar-refractivity contribution in [3.8, 4) is 0 Å². The molecule has 5 rings (SSSR count). The van der Waals surface area contributed by atoms with E-state index in [1.54, 1.807) is 12.1 Å². The Bertz CT molecular complexity index is 1180. The van der Waals surface area contributed by atoms with E-state index in [1.807, 2.05) is 62.4 Å². The molecule has 3 saturated heterocycles. The van der Waals surface area contributed by atoms with Gasteiger partial charge in [0.1, 0.15) is 11.6 Å². The van der Waals surface area contributed by atoms with Gasteiger partial charge in [0, 0.05) is 16.6 Å². The zero-order valence-corrected chi connectivity index (χ0v) is 23.1. The van der Waals surface area contributed by atoms with Crippen molar-refractivity contribution >= 4 is 39.3 Å². The van der Waals surface area contributed by atoms with Gasteiger partial charge in [0.2, 0.25) is 17.7 Å². The van der Waals surface area contributed by atoms with Crippen LogP contribution in [-0.4, -0.2) is 63.0 Å². The molecule has 0 aliphatic carbocycles. The molecule has 8 atom stereocenters. The molecule has 1 spiro atoms. The Kier molecular flexibility index (Phi) is 7.62. The van der Waals surface area contributed by atoms with Crippen molar-refractivity contribution in [3.05, 3.63) is 66.2 Å². The monoisotopic (exact) mass is 583 g/mol. The van der Waals surface area contributed by atoms with E-state index in [-0.39, 0.29) is 35.2 Å². The maximum absolute atomic E-state index is 14.3. The van der Waals surface area contributed by atoms with Crippen molar-refractivity contribution in [2.24, 2.45) is 11.8 Å². The molecule has 3 aliphatic rings. The minimum absolute atomic E-state index is 0.0975. The number of carbonyl (C=O) groups excluding carboxylic acids is 3. The van der Waals surface area contributed by atoms with E-state index >= 15 is 0 Å². The number of aliphatic hydroxyl groups excluding tert-OH is 1. The molecule has 38 heavy (non-hydrogen) atoms. The lowest BCUT2D eigenvalue weighted by Crippen LogP contribution is -2.57. The highest BCUT2D eigenvalue weighted by Gasteiger charge is 2.77. The predicted molar refractivity (Wildman–Crippen MR) is 146 cm³/mol. The van der Waals surface area contributed by atoms with Gasteiger partial charge in [0.15, 0.2) is 0 Å². The quantitative estimate of drug-likeness (QED) is 0.392. The summed E-state index contributed by atoms with van der Waals surface area (Å²) < 4.78 is 6.56. The SMILES string of the molecule is CCCC(C)NC(=O)C1N([C@H](CO)c2ccccc2)C(=O)[C@@H]2[C@@H](C(=O)Nc3ccccc3)[C@@H]3OC12CC3Br. The number of hydrogen-bond donors (Lipinski definition) is 3. The lowest BCUT2D eigenvalue weighted by molar-refractivity contribution is -0.145. The Hall–Kier alpha value is -2.75. The number of rotatable bonds is 9. The molecule has 3 N–H and O–H groups in total. The average molecular weight is 585 g/mol. The van der Waals surface area contributed by atoms with E-state index in [0.29, 0.717) is 17.7 Å². The number of nitrogens with one attached hydrogen (secondary N) is 2. The highest BCUT2D eigenvalue weighted by Crippen LogP contribution is 2.61. The van der Waals surface area contributed by atoms with Gasteiger partial charge in [0.25, 0.3) is 0 Å². The molecule has 2 aromatic rings. The molecule has 0 saturated carbocycles. The summed E-state index contributed by atoms with van der Waals surface area (Å²) in [6, 6.07) is 16.5. The van der Waals surface area contributed by atoms with Crippen LogP contribution in [0.2, 0.25) is 0 Å². The fourth-order valence-corrected chi connectivity index (χ4v) is 7.55. The van der Waals surface area contributed by atoms with Crippen LogP contribution < -0.4 is 10.6 Å². The number of fused-ring (bicyclic) bond motifs is 1. The van der Waals surface area contributed by atoms with Crippen molar-refractivity contribution in [3.63, 3.8) is 0 Å². The molecule has 8 nitrogen and oxygen atoms in total. The number of amides is 3. The van der Waals surface area contributed by atoms with Crippen LogP contribution in [0.25, 0.3) is 0 Å². The standard InChI is InChI=1S/C29H34BrN3O5/c1-3-10-17(2)31-27(36)25-29-15-20(30)24(38-29)22(26(35)32-19-13-8-5-9-14-19)23(29)28(37)33(25)21(16-34)18-11-6-4-7-12-18/h4-9,11-14,17,20-25,34H,3,10,15-16H2,1-2H3,(H,31,36)(H,32,35)/t17?,20?,21-,22-,23+,24-,25?,29?/m1/s1. The van der Waals surface area contributed by atoms with E-state index in [9.17, 15) is 19.5 Å². The molecule has 2 aromatic carbocycles. The molecule has 2 bridgehead atoms. The number of likely N-dealkylation sites (tertiary alicyclic amines) is 1. The first-order valence-corrected chi connectivity index (χ1v) is 14.2. The summed E-state index contributed by atoms with van der Waals surface area (Å²) >= 11 is 3.70. The zero-order chi connectivity index (χ0) is 27.0. The Morgan fingerprint density at radius 1 is 1.13 bits per heavy atom. The average Bonchev–Trinajstić information content (AvgIpc) is 3.49. The van der Waals surface area contributed by atoms with Gasteiger partial charge >= 0.3 is 0 Å². The highest BCUT2D eigenvalue weighted by atomic mass is 79.9. The molecular formula is C29H34BrN3O5. The number of halogens is 1. The molecule has 3 fully saturated rings. The highest BCUT2D eigenvalue weighted by molar-refractivity contribution is 9.09. The second-order valence-electron chi connectivity index (χ2n) is 10.6. The minimum Gasteiger partial charge on any atom is -0.394 e. The molecule has 3 amide bonds. The first-order valence-electron chi connectivity index (χ1n) is 13.3. The fourth-order valence-electron chi connectivity index (χ4n) is 6.61. The van der Waals surface area contributed by atoms with Crippen LogP contribution in [0.15, 0.2) is 60.7 Å². The Morgan fingerprint density at radius 3 is 2.42 bits per heavy atom. The second-order valence-corrected chi connectivity index (χ2v) is 11.7. The van der Waals surface area contributed by atoms with Crippen molar-refractivity contribution in [1.29, 1.82) is 0 Å². The number of anilines is 1. The summed E-state index contributed by atoms with van der Waals surface area (Å²) in [4.78, 5) is 43.2. The topological polar surface area (TPSA) is 108 Å². The lowest BCUT2D eigenvalue weighted by atomic mass is 9.70. The molecule has 3 heterocycles. The van der Waals surface area contributed by atoms with E-state index in [2.05, 4.69) is 26.6 Å². The van der Waals surface area contributed by atoms with Gasteiger partial charge in [-0.25, -0.2) is 0 Å². The molecule has 4 unspecified atom stereocenters. The van der Waals surface area contributed by atoms with Crippen molar-refractivity contribution < 1.29 is 24.2 Å². The third kappa shape index (κ3) is 4.44. The van der Waals surface area contributed by atoms with Gasteiger partial charge in [0.05, 0.1) is 30.6 Å². The van der Waals surface area contributed by atoms with Gasteiger partial charge in [-0.1, -0.05) is 77.8 Å². The van der Waals surface area contributed by atoms with Gasteiger partial charge in [-0.15, -0.1) is 0 Å². The van der Waals surface area contributed by atoms with Gasteiger partial charge in [-0.3, -0.25) is 14.4 Å². The molecule has 3 aliphatic heterocycles. The predicted octanol–water partition coefficient (Wildman–Crippen LogP) is 3.41. The third-order valence-corrected chi connectivity index (χ3v) is 8.97. The van der Waals surface area contributed by atoms with Crippen LogP contribution in [-0.2, 0) is 19.1 Å². The third-order valence-electron chi connectivity index (χ3n) is 8.12. The normalized spacial score (nSPS) is 31.1.